The van der Waals surface area contributed by atoms with Crippen LogP contribution in [0, 0.1) is 12.8 Å². The standard InChI is InChI=1S/C20H26N2O2S/c1-14-18(16-5-7-17(24-2)8-6-16)12-19(25-14)20(23)22-11-9-15-4-3-10-21-13-15/h5-8,12,15,21H,3-4,9-11,13H2,1-2H3,(H,22,23). The van der Waals surface area contributed by atoms with Gasteiger partial charge >= 0.3 is 0 Å². The highest BCUT2D eigenvalue weighted by Crippen LogP contribution is 2.32. The zero-order valence-corrected chi connectivity index (χ0v) is 15.7. The lowest BCUT2D eigenvalue weighted by molar-refractivity contribution is 0.0954. The van der Waals surface area contributed by atoms with E-state index in [0.29, 0.717) is 5.92 Å². The molecular weight excluding hydrogens is 332 g/mol. The number of amides is 1. The van der Waals surface area contributed by atoms with Crippen molar-refractivity contribution in [3.63, 3.8) is 0 Å². The molecule has 1 aromatic carbocycles. The van der Waals surface area contributed by atoms with Crippen molar-refractivity contribution in [2.24, 2.45) is 5.92 Å². The lowest BCUT2D eigenvalue weighted by Gasteiger charge is -2.22. The SMILES string of the molecule is COc1ccc(-c2cc(C(=O)NCCC3CCCNC3)sc2C)cc1. The number of benzene rings is 1. The lowest BCUT2D eigenvalue weighted by atomic mass is 9.96. The van der Waals surface area contributed by atoms with Gasteiger partial charge in [0.15, 0.2) is 0 Å². The number of carbonyl (C=O) groups is 1. The second-order valence-corrected chi connectivity index (χ2v) is 7.82. The van der Waals surface area contributed by atoms with Crippen molar-refractivity contribution in [1.29, 1.82) is 0 Å². The van der Waals surface area contributed by atoms with Crippen molar-refractivity contribution in [1.82, 2.24) is 10.6 Å². The minimum absolute atomic E-state index is 0.0385. The number of methoxy groups -OCH3 is 1. The molecule has 1 atom stereocenters. The molecule has 5 heteroatoms. The van der Waals surface area contributed by atoms with E-state index in [1.165, 1.54) is 12.8 Å². The van der Waals surface area contributed by atoms with E-state index in [-0.39, 0.29) is 5.91 Å². The first-order chi connectivity index (χ1) is 12.2. The molecule has 0 saturated carbocycles. The molecule has 2 aromatic rings. The summed E-state index contributed by atoms with van der Waals surface area (Å²) in [6.45, 7) is 5.02. The topological polar surface area (TPSA) is 50.4 Å². The van der Waals surface area contributed by atoms with Gasteiger partial charge in [0.05, 0.1) is 12.0 Å². The van der Waals surface area contributed by atoms with Gasteiger partial charge in [-0.05, 0) is 74.5 Å². The smallest absolute Gasteiger partial charge is 0.261 e. The predicted octanol–water partition coefficient (Wildman–Crippen LogP) is 3.85. The van der Waals surface area contributed by atoms with Gasteiger partial charge in [0, 0.05) is 11.4 Å². The number of aryl methyl sites for hydroxylation is 1. The van der Waals surface area contributed by atoms with Gasteiger partial charge in [0.25, 0.3) is 5.91 Å². The summed E-state index contributed by atoms with van der Waals surface area (Å²) in [5.74, 6) is 1.57. The molecule has 1 unspecified atom stereocenters. The van der Waals surface area contributed by atoms with Crippen LogP contribution >= 0.6 is 11.3 Å². The van der Waals surface area contributed by atoms with Crippen LogP contribution in [0.1, 0.15) is 33.8 Å². The van der Waals surface area contributed by atoms with Crippen molar-refractivity contribution < 1.29 is 9.53 Å². The van der Waals surface area contributed by atoms with Gasteiger partial charge in [0.1, 0.15) is 5.75 Å². The fraction of sp³-hybridized carbons (Fsp3) is 0.450. The number of ether oxygens (including phenoxy) is 1. The third kappa shape index (κ3) is 4.61. The van der Waals surface area contributed by atoms with Crippen LogP contribution in [0.15, 0.2) is 30.3 Å². The average Bonchev–Trinajstić information content (AvgIpc) is 3.04. The maximum Gasteiger partial charge on any atom is 0.261 e. The van der Waals surface area contributed by atoms with E-state index in [0.717, 1.165) is 52.7 Å². The van der Waals surface area contributed by atoms with Gasteiger partial charge in [-0.15, -0.1) is 11.3 Å². The lowest BCUT2D eigenvalue weighted by Crippen LogP contribution is -2.33. The largest absolute Gasteiger partial charge is 0.497 e. The van der Waals surface area contributed by atoms with Crippen molar-refractivity contribution in [2.45, 2.75) is 26.2 Å². The van der Waals surface area contributed by atoms with Gasteiger partial charge in [-0.1, -0.05) is 12.1 Å². The third-order valence-electron chi connectivity index (χ3n) is 4.78. The zero-order chi connectivity index (χ0) is 17.6. The molecule has 1 aliphatic rings. The van der Waals surface area contributed by atoms with Crippen LogP contribution in [-0.2, 0) is 0 Å². The Labute approximate surface area is 153 Å². The Morgan fingerprint density at radius 1 is 1.36 bits per heavy atom. The number of thiophene rings is 1. The first-order valence-corrected chi connectivity index (χ1v) is 9.73. The molecule has 1 saturated heterocycles. The monoisotopic (exact) mass is 358 g/mol. The highest BCUT2D eigenvalue weighted by atomic mass is 32.1. The van der Waals surface area contributed by atoms with Gasteiger partial charge in [-0.2, -0.15) is 0 Å². The molecule has 134 valence electrons. The molecule has 2 N–H and O–H groups in total. The van der Waals surface area contributed by atoms with E-state index in [2.05, 4.69) is 17.6 Å². The normalized spacial score (nSPS) is 17.3. The van der Waals surface area contributed by atoms with Crippen LogP contribution in [0.2, 0.25) is 0 Å². The molecule has 1 aromatic heterocycles. The third-order valence-corrected chi connectivity index (χ3v) is 5.83. The Hall–Kier alpha value is -1.85. The quantitative estimate of drug-likeness (QED) is 0.825. The number of nitrogens with one attached hydrogen (secondary N) is 2. The van der Waals surface area contributed by atoms with Crippen LogP contribution in [0.25, 0.3) is 11.1 Å². The summed E-state index contributed by atoms with van der Waals surface area (Å²) in [4.78, 5) is 14.4. The Morgan fingerprint density at radius 2 is 2.16 bits per heavy atom. The summed E-state index contributed by atoms with van der Waals surface area (Å²) in [6, 6.07) is 9.96. The van der Waals surface area contributed by atoms with E-state index in [4.69, 9.17) is 4.74 Å². The van der Waals surface area contributed by atoms with Gasteiger partial charge in [-0.25, -0.2) is 0 Å². The molecule has 0 aliphatic carbocycles. The number of piperidine rings is 1. The Morgan fingerprint density at radius 3 is 2.84 bits per heavy atom. The maximum atomic E-state index is 12.4. The summed E-state index contributed by atoms with van der Waals surface area (Å²) in [5, 5.41) is 6.50. The summed E-state index contributed by atoms with van der Waals surface area (Å²) >= 11 is 1.56. The molecule has 4 nitrogen and oxygen atoms in total. The van der Waals surface area contributed by atoms with E-state index in [1.807, 2.05) is 30.3 Å². The van der Waals surface area contributed by atoms with Gasteiger partial charge in [0.2, 0.25) is 0 Å². The molecule has 2 heterocycles. The van der Waals surface area contributed by atoms with Crippen LogP contribution in [-0.4, -0.2) is 32.7 Å². The van der Waals surface area contributed by atoms with Crippen molar-refractivity contribution in [2.75, 3.05) is 26.7 Å². The van der Waals surface area contributed by atoms with Crippen LogP contribution < -0.4 is 15.4 Å². The first-order valence-electron chi connectivity index (χ1n) is 8.91. The van der Waals surface area contributed by atoms with E-state index in [1.54, 1.807) is 18.4 Å². The highest BCUT2D eigenvalue weighted by molar-refractivity contribution is 7.14. The fourth-order valence-corrected chi connectivity index (χ4v) is 4.26. The second-order valence-electron chi connectivity index (χ2n) is 6.57. The number of hydrogen-bond acceptors (Lipinski definition) is 4. The van der Waals surface area contributed by atoms with Gasteiger partial charge in [-0.3, -0.25) is 4.79 Å². The minimum Gasteiger partial charge on any atom is -0.497 e. The van der Waals surface area contributed by atoms with Gasteiger partial charge < -0.3 is 15.4 Å². The second kappa shape index (κ2) is 8.50. The summed E-state index contributed by atoms with van der Waals surface area (Å²) < 4.78 is 5.21. The molecule has 1 amide bonds. The average molecular weight is 359 g/mol. The highest BCUT2D eigenvalue weighted by Gasteiger charge is 2.16. The molecule has 1 aliphatic heterocycles. The molecule has 3 rings (SSSR count). The Balaban J connectivity index is 1.59. The van der Waals surface area contributed by atoms with Crippen LogP contribution in [0.3, 0.4) is 0 Å². The fourth-order valence-electron chi connectivity index (χ4n) is 3.30. The zero-order valence-electron chi connectivity index (χ0n) is 14.9. The number of rotatable bonds is 6. The summed E-state index contributed by atoms with van der Waals surface area (Å²) in [7, 11) is 1.66. The van der Waals surface area contributed by atoms with Crippen LogP contribution in [0.5, 0.6) is 5.75 Å². The molecule has 0 radical (unpaired) electrons. The summed E-state index contributed by atoms with van der Waals surface area (Å²) in [5.41, 5.74) is 2.23. The van der Waals surface area contributed by atoms with Crippen molar-refractivity contribution in [3.05, 3.63) is 40.1 Å². The minimum atomic E-state index is 0.0385. The first kappa shape index (κ1) is 18.0. The molecular formula is C20H26N2O2S. The van der Waals surface area contributed by atoms with Crippen molar-refractivity contribution in [3.8, 4) is 16.9 Å². The van der Waals surface area contributed by atoms with Crippen LogP contribution in [0.4, 0.5) is 0 Å². The van der Waals surface area contributed by atoms with Crippen molar-refractivity contribution >= 4 is 17.2 Å². The maximum absolute atomic E-state index is 12.4. The molecule has 0 spiro atoms. The van der Waals surface area contributed by atoms with E-state index in [9.17, 15) is 4.79 Å². The van der Waals surface area contributed by atoms with E-state index < -0.39 is 0 Å². The Kier molecular flexibility index (Phi) is 6.10. The molecule has 25 heavy (non-hydrogen) atoms. The number of carbonyl (C=O) groups excluding carboxylic acids is 1. The molecule has 1 fully saturated rings. The number of hydrogen-bond donors (Lipinski definition) is 2. The predicted molar refractivity (Wildman–Crippen MR) is 104 cm³/mol. The summed E-state index contributed by atoms with van der Waals surface area (Å²) in [6.07, 6.45) is 3.56. The molecule has 0 bridgehead atoms. The Bertz CT molecular complexity index is 703. The van der Waals surface area contributed by atoms with E-state index >= 15 is 0 Å².